The van der Waals surface area contributed by atoms with Crippen LogP contribution >= 0.6 is 0 Å². The summed E-state index contributed by atoms with van der Waals surface area (Å²) in [7, 11) is 0. The zero-order valence-corrected chi connectivity index (χ0v) is 28.4. The van der Waals surface area contributed by atoms with Crippen LogP contribution in [0.5, 0.6) is 0 Å². The lowest BCUT2D eigenvalue weighted by Crippen LogP contribution is -2.15. The third-order valence-electron chi connectivity index (χ3n) is 6.09. The van der Waals surface area contributed by atoms with E-state index in [0.29, 0.717) is 125 Å². The molecule has 0 aromatic rings. The third kappa shape index (κ3) is 38.5. The average molecular weight is 667 g/mol. The predicted octanol–water partition coefficient (Wildman–Crippen LogP) is 3.55. The van der Waals surface area contributed by atoms with Crippen LogP contribution in [0.25, 0.3) is 0 Å². The van der Waals surface area contributed by atoms with Crippen molar-refractivity contribution in [2.45, 2.75) is 58.3 Å². The van der Waals surface area contributed by atoms with E-state index in [4.69, 9.17) is 52.1 Å². The standard InChI is InChI=1S/C33H62O13/c1-3-5-6-7-8-9-10-11-33(35)46-31-29-44-27-25-42-23-21-40-19-17-38-15-13-36-12-14-37-16-18-39-20-22-41-24-26-43-28-30-45-32(34)4-2/h4H,2-3,5-31H2,1H3. The van der Waals surface area contributed by atoms with E-state index in [9.17, 15) is 9.59 Å². The molecule has 0 aliphatic heterocycles. The molecular weight excluding hydrogens is 604 g/mol. The van der Waals surface area contributed by atoms with Gasteiger partial charge in [0, 0.05) is 12.5 Å². The van der Waals surface area contributed by atoms with Gasteiger partial charge in [0.25, 0.3) is 0 Å². The van der Waals surface area contributed by atoms with Gasteiger partial charge in [-0.3, -0.25) is 4.79 Å². The number of carbonyl (C=O) groups excluding carboxylic acids is 2. The van der Waals surface area contributed by atoms with E-state index in [0.717, 1.165) is 18.9 Å². The van der Waals surface area contributed by atoms with Gasteiger partial charge >= 0.3 is 11.9 Å². The Morgan fingerprint density at radius 1 is 0.413 bits per heavy atom. The van der Waals surface area contributed by atoms with Gasteiger partial charge in [0.1, 0.15) is 13.2 Å². The molecular formula is C33H62O13. The summed E-state index contributed by atoms with van der Waals surface area (Å²) in [5.41, 5.74) is 0. The van der Waals surface area contributed by atoms with Crippen LogP contribution in [0.15, 0.2) is 12.7 Å². The van der Waals surface area contributed by atoms with Crippen LogP contribution in [0.1, 0.15) is 58.3 Å². The highest BCUT2D eigenvalue weighted by Crippen LogP contribution is 2.08. The summed E-state index contributed by atoms with van der Waals surface area (Å²) in [6.45, 7) is 14.3. The quantitative estimate of drug-likeness (QED) is 0.0538. The summed E-state index contributed by atoms with van der Waals surface area (Å²) in [6.07, 6.45) is 9.89. The van der Waals surface area contributed by atoms with Crippen molar-refractivity contribution in [2.75, 3.05) is 132 Å². The molecule has 0 saturated carbocycles. The van der Waals surface area contributed by atoms with E-state index in [-0.39, 0.29) is 19.2 Å². The fourth-order valence-corrected chi connectivity index (χ4v) is 3.63. The summed E-state index contributed by atoms with van der Waals surface area (Å²) in [5.74, 6) is -0.605. The minimum absolute atomic E-state index is 0.145. The molecule has 0 aromatic carbocycles. The van der Waals surface area contributed by atoms with Crippen LogP contribution in [0.4, 0.5) is 0 Å². The summed E-state index contributed by atoms with van der Waals surface area (Å²) < 4.78 is 58.8. The van der Waals surface area contributed by atoms with Gasteiger partial charge in [0.15, 0.2) is 0 Å². The lowest BCUT2D eigenvalue weighted by atomic mass is 10.1. The Kier molecular flexibility index (Phi) is 38.1. The molecule has 0 heterocycles. The molecule has 0 N–H and O–H groups in total. The van der Waals surface area contributed by atoms with E-state index >= 15 is 0 Å². The zero-order valence-electron chi connectivity index (χ0n) is 28.4. The number of ether oxygens (including phenoxy) is 11. The van der Waals surface area contributed by atoms with E-state index < -0.39 is 5.97 Å². The van der Waals surface area contributed by atoms with Crippen molar-refractivity contribution in [3.05, 3.63) is 12.7 Å². The van der Waals surface area contributed by atoms with E-state index in [1.165, 1.54) is 32.1 Å². The van der Waals surface area contributed by atoms with Crippen molar-refractivity contribution in [1.29, 1.82) is 0 Å². The first-order valence-electron chi connectivity index (χ1n) is 16.8. The predicted molar refractivity (Wildman–Crippen MR) is 172 cm³/mol. The van der Waals surface area contributed by atoms with Gasteiger partial charge in [-0.2, -0.15) is 0 Å². The third-order valence-corrected chi connectivity index (χ3v) is 6.09. The second-order valence-electron chi connectivity index (χ2n) is 9.97. The average Bonchev–Trinajstić information content (AvgIpc) is 3.06. The second kappa shape index (κ2) is 39.5. The molecule has 272 valence electrons. The molecule has 13 nitrogen and oxygen atoms in total. The molecule has 0 aliphatic carbocycles. The minimum Gasteiger partial charge on any atom is -0.463 e. The molecule has 0 atom stereocenters. The van der Waals surface area contributed by atoms with Crippen molar-refractivity contribution >= 4 is 11.9 Å². The SMILES string of the molecule is C=CC(=O)OCCOCCOCCOCCOCCOCCOCCOCCOCCOCCOC(=O)CCCCCCCCC. The highest BCUT2D eigenvalue weighted by Gasteiger charge is 2.03. The van der Waals surface area contributed by atoms with Gasteiger partial charge < -0.3 is 52.1 Å². The van der Waals surface area contributed by atoms with Crippen LogP contribution in [0.2, 0.25) is 0 Å². The molecule has 0 saturated heterocycles. The highest BCUT2D eigenvalue weighted by atomic mass is 16.6. The smallest absolute Gasteiger partial charge is 0.330 e. The van der Waals surface area contributed by atoms with Gasteiger partial charge in [-0.1, -0.05) is 52.0 Å². The summed E-state index contributed by atoms with van der Waals surface area (Å²) in [6, 6.07) is 0. The number of hydrogen-bond donors (Lipinski definition) is 0. The first kappa shape index (κ1) is 44.3. The Labute approximate surface area is 276 Å². The monoisotopic (exact) mass is 666 g/mol. The molecule has 0 fully saturated rings. The first-order valence-corrected chi connectivity index (χ1v) is 16.8. The second-order valence-corrected chi connectivity index (χ2v) is 9.97. The molecule has 0 spiro atoms. The molecule has 0 radical (unpaired) electrons. The first-order chi connectivity index (χ1) is 22.7. The fourth-order valence-electron chi connectivity index (χ4n) is 3.63. The minimum atomic E-state index is -0.461. The number of rotatable bonds is 39. The number of esters is 2. The maximum atomic E-state index is 11.7. The van der Waals surface area contributed by atoms with E-state index in [1.54, 1.807) is 0 Å². The molecule has 0 aromatic heterocycles. The molecule has 0 rings (SSSR count). The van der Waals surface area contributed by atoms with Gasteiger partial charge in [-0.25, -0.2) is 4.79 Å². The highest BCUT2D eigenvalue weighted by molar-refractivity contribution is 5.81. The van der Waals surface area contributed by atoms with Crippen molar-refractivity contribution in [3.8, 4) is 0 Å². The lowest BCUT2D eigenvalue weighted by Gasteiger charge is -2.09. The number of unbranched alkanes of at least 4 members (excludes halogenated alkanes) is 6. The Morgan fingerprint density at radius 2 is 0.696 bits per heavy atom. The molecule has 46 heavy (non-hydrogen) atoms. The van der Waals surface area contributed by atoms with Gasteiger partial charge in [0.2, 0.25) is 0 Å². The molecule has 0 bridgehead atoms. The topological polar surface area (TPSA) is 136 Å². The Hall–Kier alpha value is -1.68. The Bertz CT molecular complexity index is 651. The Morgan fingerprint density at radius 3 is 1.02 bits per heavy atom. The van der Waals surface area contributed by atoms with Crippen molar-refractivity contribution in [1.82, 2.24) is 0 Å². The number of carbonyl (C=O) groups is 2. The molecule has 0 aliphatic rings. The van der Waals surface area contributed by atoms with Crippen LogP contribution in [0.3, 0.4) is 0 Å². The maximum Gasteiger partial charge on any atom is 0.330 e. The van der Waals surface area contributed by atoms with Crippen LogP contribution in [-0.4, -0.2) is 144 Å². The fraction of sp³-hybridized carbons (Fsp3) is 0.879. The van der Waals surface area contributed by atoms with E-state index in [1.807, 2.05) is 0 Å². The van der Waals surface area contributed by atoms with Crippen molar-refractivity contribution < 1.29 is 61.7 Å². The largest absolute Gasteiger partial charge is 0.463 e. The van der Waals surface area contributed by atoms with Crippen LogP contribution < -0.4 is 0 Å². The Balaban J connectivity index is 3.11. The molecule has 0 unspecified atom stereocenters. The van der Waals surface area contributed by atoms with Gasteiger partial charge in [-0.15, -0.1) is 0 Å². The van der Waals surface area contributed by atoms with Crippen LogP contribution in [0, 0.1) is 0 Å². The van der Waals surface area contributed by atoms with Crippen molar-refractivity contribution in [2.24, 2.45) is 0 Å². The van der Waals surface area contributed by atoms with Gasteiger partial charge in [-0.05, 0) is 6.42 Å². The summed E-state index contributed by atoms with van der Waals surface area (Å²) in [5, 5.41) is 0. The van der Waals surface area contributed by atoms with Gasteiger partial charge in [0.05, 0.1) is 119 Å². The van der Waals surface area contributed by atoms with E-state index in [2.05, 4.69) is 13.5 Å². The molecule has 0 amide bonds. The lowest BCUT2D eigenvalue weighted by molar-refractivity contribution is -0.145. The number of hydrogen-bond acceptors (Lipinski definition) is 13. The van der Waals surface area contributed by atoms with Crippen LogP contribution in [-0.2, 0) is 61.7 Å². The van der Waals surface area contributed by atoms with Crippen molar-refractivity contribution in [3.63, 3.8) is 0 Å². The molecule has 13 heteroatoms. The maximum absolute atomic E-state index is 11.7. The normalized spacial score (nSPS) is 11.2. The summed E-state index contributed by atoms with van der Waals surface area (Å²) >= 11 is 0. The zero-order chi connectivity index (χ0) is 33.4. The summed E-state index contributed by atoms with van der Waals surface area (Å²) in [4.78, 5) is 22.5.